The van der Waals surface area contributed by atoms with Crippen LogP contribution in [0.4, 0.5) is 5.69 Å². The fourth-order valence-corrected chi connectivity index (χ4v) is 4.23. The maximum absolute atomic E-state index is 12.8. The van der Waals surface area contributed by atoms with Gasteiger partial charge in [-0.3, -0.25) is 4.79 Å². The number of nitriles is 1. The van der Waals surface area contributed by atoms with Gasteiger partial charge >= 0.3 is 0 Å². The Labute approximate surface area is 192 Å². The molecule has 0 aliphatic carbocycles. The van der Waals surface area contributed by atoms with E-state index in [1.165, 1.54) is 11.8 Å². The van der Waals surface area contributed by atoms with E-state index in [-0.39, 0.29) is 5.91 Å². The van der Waals surface area contributed by atoms with Crippen LogP contribution in [0.25, 0.3) is 22.4 Å². The van der Waals surface area contributed by atoms with E-state index in [1.807, 2.05) is 104 Å². The number of carbonyl (C=O) groups excluding carboxylic acids is 1. The number of aromatic nitrogens is 1. The lowest BCUT2D eigenvalue weighted by Gasteiger charge is -2.16. The van der Waals surface area contributed by atoms with E-state index in [2.05, 4.69) is 11.4 Å². The fourth-order valence-electron chi connectivity index (χ4n) is 3.30. The highest BCUT2D eigenvalue weighted by atomic mass is 32.2. The van der Waals surface area contributed by atoms with Gasteiger partial charge in [0.05, 0.1) is 16.5 Å². The van der Waals surface area contributed by atoms with Gasteiger partial charge in [-0.25, -0.2) is 4.98 Å². The summed E-state index contributed by atoms with van der Waals surface area (Å²) in [6.45, 7) is 1.82. The highest BCUT2D eigenvalue weighted by Gasteiger charge is 2.21. The van der Waals surface area contributed by atoms with Crippen molar-refractivity contribution in [3.05, 3.63) is 103 Å². The molecule has 4 nitrogen and oxygen atoms in total. The van der Waals surface area contributed by atoms with Crippen LogP contribution >= 0.6 is 11.8 Å². The van der Waals surface area contributed by atoms with Gasteiger partial charge in [-0.2, -0.15) is 5.26 Å². The van der Waals surface area contributed by atoms with Crippen LogP contribution in [-0.2, 0) is 4.79 Å². The number of nitrogens with zero attached hydrogens (tertiary/aromatic N) is 2. The first-order valence-corrected chi connectivity index (χ1v) is 11.1. The zero-order chi connectivity index (χ0) is 22.3. The monoisotopic (exact) mass is 435 g/mol. The highest BCUT2D eigenvalue weighted by molar-refractivity contribution is 8.00. The number of rotatable bonds is 6. The second kappa shape index (κ2) is 9.95. The van der Waals surface area contributed by atoms with Gasteiger partial charge in [0.25, 0.3) is 0 Å². The summed E-state index contributed by atoms with van der Waals surface area (Å²) in [5.41, 5.74) is 4.67. The third-order valence-corrected chi connectivity index (χ3v) is 6.04. The van der Waals surface area contributed by atoms with E-state index in [0.717, 1.165) is 28.1 Å². The molecule has 32 heavy (non-hydrogen) atoms. The molecule has 1 heterocycles. The zero-order valence-electron chi connectivity index (χ0n) is 17.5. The van der Waals surface area contributed by atoms with Crippen LogP contribution in [-0.4, -0.2) is 16.1 Å². The molecule has 0 aliphatic rings. The largest absolute Gasteiger partial charge is 0.325 e. The molecule has 1 aromatic heterocycles. The van der Waals surface area contributed by atoms with Crippen molar-refractivity contribution in [2.45, 2.75) is 17.2 Å². The van der Waals surface area contributed by atoms with Crippen molar-refractivity contribution in [1.29, 1.82) is 5.26 Å². The minimum Gasteiger partial charge on any atom is -0.325 e. The Morgan fingerprint density at radius 3 is 2.06 bits per heavy atom. The summed E-state index contributed by atoms with van der Waals surface area (Å²) in [5, 5.41) is 13.0. The predicted molar refractivity (Wildman–Crippen MR) is 130 cm³/mol. The van der Waals surface area contributed by atoms with Crippen molar-refractivity contribution in [3.63, 3.8) is 0 Å². The predicted octanol–water partition coefficient (Wildman–Crippen LogP) is 6.41. The van der Waals surface area contributed by atoms with Crippen LogP contribution in [0.2, 0.25) is 0 Å². The van der Waals surface area contributed by atoms with Gasteiger partial charge in [0.15, 0.2) is 0 Å². The summed E-state index contributed by atoms with van der Waals surface area (Å²) < 4.78 is 0. The molecule has 4 rings (SSSR count). The number of hydrogen-bond donors (Lipinski definition) is 1. The smallest absolute Gasteiger partial charge is 0.237 e. The molecule has 156 valence electrons. The molecule has 0 saturated carbocycles. The number of para-hydroxylation sites is 1. The molecular formula is C27H21N3OS. The zero-order valence-corrected chi connectivity index (χ0v) is 18.3. The summed E-state index contributed by atoms with van der Waals surface area (Å²) in [4.78, 5) is 17.6. The van der Waals surface area contributed by atoms with Crippen LogP contribution in [0.15, 0.2) is 102 Å². The Bertz CT molecular complexity index is 1250. The second-order valence-electron chi connectivity index (χ2n) is 7.19. The lowest BCUT2D eigenvalue weighted by atomic mass is 9.99. The van der Waals surface area contributed by atoms with Gasteiger partial charge in [-0.1, -0.05) is 90.6 Å². The topological polar surface area (TPSA) is 65.8 Å². The molecule has 0 aliphatic heterocycles. The summed E-state index contributed by atoms with van der Waals surface area (Å²) in [6.07, 6.45) is 0. The van der Waals surface area contributed by atoms with Gasteiger partial charge < -0.3 is 5.32 Å². The Morgan fingerprint density at radius 1 is 0.906 bits per heavy atom. The number of benzene rings is 3. The SMILES string of the molecule is C[C@H](Sc1nc(-c2ccccc2)cc(-c2ccccc2)c1C#N)C(=O)Nc1ccccc1. The fraction of sp³-hybridized carbons (Fsp3) is 0.0741. The molecular weight excluding hydrogens is 414 g/mol. The average Bonchev–Trinajstić information content (AvgIpc) is 2.85. The molecule has 1 N–H and O–H groups in total. The number of nitrogens with one attached hydrogen (secondary N) is 1. The van der Waals surface area contributed by atoms with E-state index in [0.29, 0.717) is 10.6 Å². The first-order chi connectivity index (χ1) is 15.7. The molecule has 1 amide bonds. The van der Waals surface area contributed by atoms with Crippen molar-refractivity contribution >= 4 is 23.4 Å². The third-order valence-electron chi connectivity index (χ3n) is 4.95. The number of pyridine rings is 1. The number of anilines is 1. The summed E-state index contributed by atoms with van der Waals surface area (Å²) in [5.74, 6) is -0.140. The number of amides is 1. The molecule has 0 radical (unpaired) electrons. The van der Waals surface area contributed by atoms with Crippen molar-refractivity contribution in [3.8, 4) is 28.5 Å². The lowest BCUT2D eigenvalue weighted by molar-refractivity contribution is -0.115. The molecule has 5 heteroatoms. The van der Waals surface area contributed by atoms with E-state index in [9.17, 15) is 10.1 Å². The molecule has 0 unspecified atom stereocenters. The minimum absolute atomic E-state index is 0.140. The lowest BCUT2D eigenvalue weighted by Crippen LogP contribution is -2.22. The number of thioether (sulfide) groups is 1. The molecule has 0 fully saturated rings. The number of hydrogen-bond acceptors (Lipinski definition) is 4. The van der Waals surface area contributed by atoms with Gasteiger partial charge in [-0.05, 0) is 30.7 Å². The molecule has 4 aromatic rings. The van der Waals surface area contributed by atoms with Crippen LogP contribution in [0, 0.1) is 11.3 Å². The Hall–Kier alpha value is -3.88. The highest BCUT2D eigenvalue weighted by Crippen LogP contribution is 2.35. The van der Waals surface area contributed by atoms with Gasteiger partial charge in [-0.15, -0.1) is 0 Å². The van der Waals surface area contributed by atoms with E-state index in [4.69, 9.17) is 4.98 Å². The van der Waals surface area contributed by atoms with Crippen LogP contribution < -0.4 is 5.32 Å². The molecule has 0 spiro atoms. The first kappa shape index (κ1) is 21.4. The van der Waals surface area contributed by atoms with Crippen LogP contribution in [0.3, 0.4) is 0 Å². The molecule has 0 bridgehead atoms. The van der Waals surface area contributed by atoms with Crippen LogP contribution in [0.1, 0.15) is 12.5 Å². The quantitative estimate of drug-likeness (QED) is 0.356. The Balaban J connectivity index is 1.73. The second-order valence-corrected chi connectivity index (χ2v) is 8.52. The van der Waals surface area contributed by atoms with Gasteiger partial charge in [0, 0.05) is 16.8 Å². The summed E-state index contributed by atoms with van der Waals surface area (Å²) in [6, 6.07) is 33.2. The standard InChI is InChI=1S/C27H21N3OS/c1-19(26(31)29-22-15-9-4-10-16-22)32-27-24(18-28)23(20-11-5-2-6-12-20)17-25(30-27)21-13-7-3-8-14-21/h2-17,19H,1H3,(H,29,31)/t19-/m0/s1. The first-order valence-electron chi connectivity index (χ1n) is 10.2. The minimum atomic E-state index is -0.440. The molecule has 1 atom stereocenters. The Kier molecular flexibility index (Phi) is 6.64. The maximum Gasteiger partial charge on any atom is 0.237 e. The van der Waals surface area contributed by atoms with E-state index >= 15 is 0 Å². The average molecular weight is 436 g/mol. The van der Waals surface area contributed by atoms with Crippen molar-refractivity contribution < 1.29 is 4.79 Å². The van der Waals surface area contributed by atoms with E-state index < -0.39 is 5.25 Å². The van der Waals surface area contributed by atoms with Gasteiger partial charge in [0.1, 0.15) is 11.1 Å². The van der Waals surface area contributed by atoms with Gasteiger partial charge in [0.2, 0.25) is 5.91 Å². The third kappa shape index (κ3) is 4.88. The van der Waals surface area contributed by atoms with Crippen molar-refractivity contribution in [2.75, 3.05) is 5.32 Å². The number of carbonyl (C=O) groups is 1. The Morgan fingerprint density at radius 2 is 1.47 bits per heavy atom. The van der Waals surface area contributed by atoms with Crippen molar-refractivity contribution in [2.24, 2.45) is 0 Å². The maximum atomic E-state index is 12.8. The normalized spacial score (nSPS) is 11.4. The summed E-state index contributed by atoms with van der Waals surface area (Å²) in [7, 11) is 0. The summed E-state index contributed by atoms with van der Waals surface area (Å²) >= 11 is 1.29. The molecule has 0 saturated heterocycles. The van der Waals surface area contributed by atoms with Crippen molar-refractivity contribution in [1.82, 2.24) is 4.98 Å². The molecule has 3 aromatic carbocycles. The van der Waals surface area contributed by atoms with E-state index in [1.54, 1.807) is 0 Å². The van der Waals surface area contributed by atoms with Crippen LogP contribution in [0.5, 0.6) is 0 Å².